The smallest absolute Gasteiger partial charge is 0.151 e. The molecular formula is C13H25N3O3. The predicted molar refractivity (Wildman–Crippen MR) is 72.9 cm³/mol. The van der Waals surface area contributed by atoms with Gasteiger partial charge in [-0.2, -0.15) is 0 Å². The molecule has 0 aromatic carbocycles. The van der Waals surface area contributed by atoms with Gasteiger partial charge in [0.25, 0.3) is 0 Å². The summed E-state index contributed by atoms with van der Waals surface area (Å²) in [6, 6.07) is 2.29. The Labute approximate surface area is 115 Å². The minimum Gasteiger partial charge on any atom is -0.383 e. The Morgan fingerprint density at radius 1 is 1.42 bits per heavy atom. The number of aromatic nitrogens is 1. The molecule has 0 radical (unpaired) electrons. The van der Waals surface area contributed by atoms with Crippen molar-refractivity contribution in [2.75, 3.05) is 41.0 Å². The monoisotopic (exact) mass is 271 g/mol. The van der Waals surface area contributed by atoms with Crippen LogP contribution < -0.4 is 5.32 Å². The highest BCUT2D eigenvalue weighted by Crippen LogP contribution is 2.10. The molecule has 1 aromatic rings. The molecule has 1 aromatic heterocycles. The van der Waals surface area contributed by atoms with Gasteiger partial charge < -0.3 is 19.3 Å². The van der Waals surface area contributed by atoms with Crippen LogP contribution in [0, 0.1) is 0 Å². The highest BCUT2D eigenvalue weighted by atomic mass is 16.5. The second kappa shape index (κ2) is 9.03. The van der Waals surface area contributed by atoms with Crippen molar-refractivity contribution in [3.8, 4) is 0 Å². The summed E-state index contributed by atoms with van der Waals surface area (Å²) in [7, 11) is 5.31. The van der Waals surface area contributed by atoms with Crippen LogP contribution in [0.25, 0.3) is 0 Å². The molecular weight excluding hydrogens is 246 g/mol. The molecule has 0 saturated heterocycles. The maximum absolute atomic E-state index is 5.34. The molecule has 110 valence electrons. The minimum absolute atomic E-state index is 0.304. The molecule has 1 N–H and O–H groups in total. The van der Waals surface area contributed by atoms with Crippen molar-refractivity contribution >= 4 is 0 Å². The molecule has 0 saturated carbocycles. The summed E-state index contributed by atoms with van der Waals surface area (Å²) in [4.78, 5) is 2.26. The van der Waals surface area contributed by atoms with E-state index < -0.39 is 0 Å². The SMILES string of the molecule is CNCc1cc(CN(CCOC)C(C)COC)on1. The number of ether oxygens (including phenoxy) is 2. The van der Waals surface area contributed by atoms with Crippen molar-refractivity contribution in [3.05, 3.63) is 17.5 Å². The van der Waals surface area contributed by atoms with Crippen LogP contribution in [0.1, 0.15) is 18.4 Å². The van der Waals surface area contributed by atoms with E-state index in [1.165, 1.54) is 0 Å². The maximum Gasteiger partial charge on any atom is 0.151 e. The molecule has 0 aliphatic heterocycles. The highest BCUT2D eigenvalue weighted by molar-refractivity contribution is 5.05. The van der Waals surface area contributed by atoms with Gasteiger partial charge in [-0.1, -0.05) is 5.16 Å². The molecule has 1 rings (SSSR count). The normalized spacial score (nSPS) is 13.1. The van der Waals surface area contributed by atoms with Crippen molar-refractivity contribution < 1.29 is 14.0 Å². The van der Waals surface area contributed by atoms with E-state index in [-0.39, 0.29) is 0 Å². The van der Waals surface area contributed by atoms with Crippen LogP contribution in [-0.2, 0) is 22.6 Å². The van der Waals surface area contributed by atoms with Crippen LogP contribution in [0.2, 0.25) is 0 Å². The van der Waals surface area contributed by atoms with Crippen LogP contribution in [0.3, 0.4) is 0 Å². The number of hydrogen-bond donors (Lipinski definition) is 1. The third-order valence-corrected chi connectivity index (χ3v) is 2.94. The Morgan fingerprint density at radius 2 is 2.21 bits per heavy atom. The number of nitrogens with zero attached hydrogens (tertiary/aromatic N) is 2. The number of methoxy groups -OCH3 is 2. The minimum atomic E-state index is 0.304. The summed E-state index contributed by atoms with van der Waals surface area (Å²) in [5, 5.41) is 7.07. The summed E-state index contributed by atoms with van der Waals surface area (Å²) in [5.41, 5.74) is 0.920. The van der Waals surface area contributed by atoms with Gasteiger partial charge >= 0.3 is 0 Å². The highest BCUT2D eigenvalue weighted by Gasteiger charge is 2.16. The summed E-state index contributed by atoms with van der Waals surface area (Å²) in [6.45, 7) is 5.76. The zero-order valence-electron chi connectivity index (χ0n) is 12.3. The average molecular weight is 271 g/mol. The van der Waals surface area contributed by atoms with Crippen molar-refractivity contribution in [1.29, 1.82) is 0 Å². The molecule has 0 aliphatic carbocycles. The molecule has 0 amide bonds. The Hall–Kier alpha value is -0.950. The molecule has 6 heteroatoms. The van der Waals surface area contributed by atoms with E-state index in [2.05, 4.69) is 22.3 Å². The summed E-state index contributed by atoms with van der Waals surface area (Å²) in [6.07, 6.45) is 0. The van der Waals surface area contributed by atoms with Gasteiger partial charge in [0.1, 0.15) is 0 Å². The first-order valence-electron chi connectivity index (χ1n) is 6.52. The van der Waals surface area contributed by atoms with Crippen molar-refractivity contribution in [2.24, 2.45) is 0 Å². The second-order valence-electron chi connectivity index (χ2n) is 4.58. The quantitative estimate of drug-likeness (QED) is 0.681. The fraction of sp³-hybridized carbons (Fsp3) is 0.769. The summed E-state index contributed by atoms with van der Waals surface area (Å²) >= 11 is 0. The Balaban J connectivity index is 2.58. The van der Waals surface area contributed by atoms with E-state index in [9.17, 15) is 0 Å². The van der Waals surface area contributed by atoms with E-state index in [0.29, 0.717) is 25.8 Å². The Kier molecular flexibility index (Phi) is 7.66. The topological polar surface area (TPSA) is 59.8 Å². The average Bonchev–Trinajstić information content (AvgIpc) is 2.82. The molecule has 19 heavy (non-hydrogen) atoms. The lowest BCUT2D eigenvalue weighted by Crippen LogP contribution is -2.37. The van der Waals surface area contributed by atoms with Gasteiger partial charge in [0, 0.05) is 39.4 Å². The van der Waals surface area contributed by atoms with E-state index in [0.717, 1.165) is 24.5 Å². The molecule has 0 aliphatic rings. The maximum atomic E-state index is 5.34. The zero-order chi connectivity index (χ0) is 14.1. The lowest BCUT2D eigenvalue weighted by atomic mass is 10.2. The molecule has 0 fully saturated rings. The largest absolute Gasteiger partial charge is 0.383 e. The van der Waals surface area contributed by atoms with E-state index >= 15 is 0 Å². The van der Waals surface area contributed by atoms with Gasteiger partial charge in [-0.25, -0.2) is 0 Å². The third-order valence-electron chi connectivity index (χ3n) is 2.94. The molecule has 0 bridgehead atoms. The van der Waals surface area contributed by atoms with Gasteiger partial charge in [0.05, 0.1) is 25.5 Å². The Morgan fingerprint density at radius 3 is 2.84 bits per heavy atom. The van der Waals surface area contributed by atoms with Crippen LogP contribution in [0.5, 0.6) is 0 Å². The van der Waals surface area contributed by atoms with Gasteiger partial charge in [-0.05, 0) is 14.0 Å². The molecule has 1 atom stereocenters. The molecule has 6 nitrogen and oxygen atoms in total. The van der Waals surface area contributed by atoms with Gasteiger partial charge in [-0.15, -0.1) is 0 Å². The fourth-order valence-corrected chi connectivity index (χ4v) is 1.91. The number of hydrogen-bond acceptors (Lipinski definition) is 6. The van der Waals surface area contributed by atoms with E-state index in [1.807, 2.05) is 13.1 Å². The van der Waals surface area contributed by atoms with Crippen LogP contribution in [0.15, 0.2) is 10.6 Å². The molecule has 1 unspecified atom stereocenters. The molecule has 1 heterocycles. The van der Waals surface area contributed by atoms with Crippen LogP contribution >= 0.6 is 0 Å². The first-order chi connectivity index (χ1) is 9.21. The number of nitrogens with one attached hydrogen (secondary N) is 1. The van der Waals surface area contributed by atoms with Gasteiger partial charge in [0.2, 0.25) is 0 Å². The van der Waals surface area contributed by atoms with E-state index in [1.54, 1.807) is 14.2 Å². The lowest BCUT2D eigenvalue weighted by molar-refractivity contribution is 0.0650. The zero-order valence-corrected chi connectivity index (χ0v) is 12.3. The van der Waals surface area contributed by atoms with E-state index in [4.69, 9.17) is 14.0 Å². The standard InChI is InChI=1S/C13H25N3O3/c1-11(10-18-4)16(5-6-17-3)9-13-7-12(8-14-2)15-19-13/h7,11,14H,5-6,8-10H2,1-4H3. The van der Waals surface area contributed by atoms with Crippen molar-refractivity contribution in [1.82, 2.24) is 15.4 Å². The number of rotatable bonds is 10. The van der Waals surface area contributed by atoms with Gasteiger partial charge in [-0.3, -0.25) is 4.90 Å². The summed E-state index contributed by atoms with van der Waals surface area (Å²) < 4.78 is 15.7. The van der Waals surface area contributed by atoms with Crippen LogP contribution in [-0.4, -0.2) is 57.1 Å². The first-order valence-corrected chi connectivity index (χ1v) is 6.52. The first kappa shape index (κ1) is 16.1. The third kappa shape index (κ3) is 5.69. The second-order valence-corrected chi connectivity index (χ2v) is 4.58. The Bertz CT molecular complexity index is 344. The lowest BCUT2D eigenvalue weighted by Gasteiger charge is -2.27. The summed E-state index contributed by atoms with van der Waals surface area (Å²) in [5.74, 6) is 0.865. The van der Waals surface area contributed by atoms with Crippen molar-refractivity contribution in [2.45, 2.75) is 26.1 Å². The fourth-order valence-electron chi connectivity index (χ4n) is 1.91. The van der Waals surface area contributed by atoms with Crippen LogP contribution in [0.4, 0.5) is 0 Å². The van der Waals surface area contributed by atoms with Gasteiger partial charge in [0.15, 0.2) is 5.76 Å². The van der Waals surface area contributed by atoms with Crippen molar-refractivity contribution in [3.63, 3.8) is 0 Å². The predicted octanol–water partition coefficient (Wildman–Crippen LogP) is 0.877. The molecule has 0 spiro atoms.